The van der Waals surface area contributed by atoms with Crippen LogP contribution < -0.4 is 18.9 Å². The standard InChI is InChI=1S/C14H29.C3H4O4.Li/c1-5-6-7-8-9-10-11-12-13-14(2,3)4;4-2(5)1-3(6)7;/h13H,5-12H2,1-4H3;1H2,(H,4,5)(H,6,7);/q-1;;+1. The summed E-state index contributed by atoms with van der Waals surface area (Å²) in [7, 11) is 0. The van der Waals surface area contributed by atoms with Crippen molar-refractivity contribution in [1.82, 2.24) is 0 Å². The molecule has 0 spiro atoms. The minimum absolute atomic E-state index is 0. The maximum atomic E-state index is 9.43. The number of carboxylic acids is 2. The second-order valence-electron chi connectivity index (χ2n) is 6.44. The van der Waals surface area contributed by atoms with E-state index in [1.807, 2.05) is 0 Å². The largest absolute Gasteiger partial charge is 1.00 e. The number of carboxylic acid groups (broad SMARTS) is 2. The average Bonchev–Trinajstić information content (AvgIpc) is 2.30. The molecule has 4 nitrogen and oxygen atoms in total. The molecule has 0 radical (unpaired) electrons. The molecule has 0 aromatic rings. The Labute approximate surface area is 148 Å². The Morgan fingerprint density at radius 3 is 1.59 bits per heavy atom. The molecule has 0 saturated carbocycles. The van der Waals surface area contributed by atoms with Gasteiger partial charge in [-0.15, -0.1) is 0 Å². The maximum Gasteiger partial charge on any atom is 1.00 e. The number of hydrogen-bond donors (Lipinski definition) is 2. The van der Waals surface area contributed by atoms with E-state index < -0.39 is 18.4 Å². The van der Waals surface area contributed by atoms with Gasteiger partial charge in [0.05, 0.1) is 0 Å². The van der Waals surface area contributed by atoms with Gasteiger partial charge >= 0.3 is 30.8 Å². The van der Waals surface area contributed by atoms with Crippen molar-refractivity contribution < 1.29 is 38.7 Å². The predicted octanol–water partition coefficient (Wildman–Crippen LogP) is 1.93. The van der Waals surface area contributed by atoms with Crippen LogP contribution in [0.2, 0.25) is 0 Å². The van der Waals surface area contributed by atoms with Crippen molar-refractivity contribution in [3.63, 3.8) is 0 Å². The Balaban J connectivity index is -0.000000385. The Hall–Kier alpha value is -0.463. The van der Waals surface area contributed by atoms with E-state index in [1.54, 1.807) is 0 Å². The Morgan fingerprint density at radius 1 is 0.864 bits per heavy atom. The fraction of sp³-hybridized carbons (Fsp3) is 0.824. The van der Waals surface area contributed by atoms with Gasteiger partial charge in [-0.05, 0) is 0 Å². The van der Waals surface area contributed by atoms with Crippen LogP contribution in [0.25, 0.3) is 0 Å². The molecule has 0 atom stereocenters. The fourth-order valence-electron chi connectivity index (χ4n) is 1.77. The van der Waals surface area contributed by atoms with Crippen molar-refractivity contribution in [2.24, 2.45) is 5.41 Å². The van der Waals surface area contributed by atoms with E-state index in [0.717, 1.165) is 0 Å². The molecule has 0 aliphatic heterocycles. The summed E-state index contributed by atoms with van der Waals surface area (Å²) in [6.07, 6.45) is 12.9. The minimum Gasteiger partial charge on any atom is -0.481 e. The normalized spacial score (nSPS) is 10.2. The third-order valence-corrected chi connectivity index (χ3v) is 2.87. The molecule has 0 saturated heterocycles. The van der Waals surface area contributed by atoms with Crippen LogP contribution in [0, 0.1) is 11.8 Å². The number of unbranched alkanes of at least 4 members (excludes halogenated alkanes) is 7. The summed E-state index contributed by atoms with van der Waals surface area (Å²) in [5, 5.41) is 15.4. The van der Waals surface area contributed by atoms with E-state index in [2.05, 4.69) is 34.1 Å². The number of carbonyl (C=O) groups is 2. The monoisotopic (exact) mass is 308 g/mol. The molecular formula is C17H33LiO4. The van der Waals surface area contributed by atoms with Crippen molar-refractivity contribution in [2.45, 2.75) is 85.5 Å². The van der Waals surface area contributed by atoms with Gasteiger partial charge in [0.1, 0.15) is 6.42 Å². The van der Waals surface area contributed by atoms with Crippen LogP contribution in [0.1, 0.15) is 85.5 Å². The van der Waals surface area contributed by atoms with Gasteiger partial charge in [-0.3, -0.25) is 9.59 Å². The summed E-state index contributed by atoms with van der Waals surface area (Å²) < 4.78 is 0. The van der Waals surface area contributed by atoms with Crippen molar-refractivity contribution >= 4 is 11.9 Å². The van der Waals surface area contributed by atoms with Crippen molar-refractivity contribution in [3.05, 3.63) is 6.42 Å². The predicted molar refractivity (Wildman–Crippen MR) is 86.3 cm³/mol. The molecular weight excluding hydrogens is 275 g/mol. The minimum atomic E-state index is -1.31. The summed E-state index contributed by atoms with van der Waals surface area (Å²) in [6.45, 7) is 9.13. The Morgan fingerprint density at radius 2 is 1.27 bits per heavy atom. The second-order valence-corrected chi connectivity index (χ2v) is 6.44. The smallest absolute Gasteiger partial charge is 0.481 e. The summed E-state index contributed by atoms with van der Waals surface area (Å²) in [5.74, 6) is -2.62. The zero-order valence-corrected chi connectivity index (χ0v) is 15.2. The molecule has 0 aliphatic carbocycles. The summed E-state index contributed by atoms with van der Waals surface area (Å²) >= 11 is 0. The number of hydrogen-bond acceptors (Lipinski definition) is 2. The van der Waals surface area contributed by atoms with E-state index >= 15 is 0 Å². The van der Waals surface area contributed by atoms with Gasteiger partial charge in [-0.25, -0.2) is 0 Å². The first-order valence-corrected chi connectivity index (χ1v) is 7.97. The van der Waals surface area contributed by atoms with Crippen LogP contribution in [0.4, 0.5) is 0 Å². The quantitative estimate of drug-likeness (QED) is 0.280. The van der Waals surface area contributed by atoms with Crippen LogP contribution in [0.3, 0.4) is 0 Å². The molecule has 0 fully saturated rings. The van der Waals surface area contributed by atoms with Crippen molar-refractivity contribution in [1.29, 1.82) is 0 Å². The first-order valence-electron chi connectivity index (χ1n) is 7.97. The third kappa shape index (κ3) is 31.8. The topological polar surface area (TPSA) is 74.6 Å². The van der Waals surface area contributed by atoms with Crippen LogP contribution in [0.5, 0.6) is 0 Å². The first-order chi connectivity index (χ1) is 9.69. The van der Waals surface area contributed by atoms with E-state index in [4.69, 9.17) is 10.2 Å². The molecule has 2 N–H and O–H groups in total. The summed E-state index contributed by atoms with van der Waals surface area (Å²) in [6, 6.07) is 0. The number of aliphatic carboxylic acids is 2. The zero-order chi connectivity index (χ0) is 16.7. The van der Waals surface area contributed by atoms with Gasteiger partial charge in [-0.1, -0.05) is 72.6 Å². The molecule has 126 valence electrons. The molecule has 0 bridgehead atoms. The van der Waals surface area contributed by atoms with Gasteiger partial charge in [-0.2, -0.15) is 11.8 Å². The van der Waals surface area contributed by atoms with Gasteiger partial charge in [0.2, 0.25) is 0 Å². The summed E-state index contributed by atoms with van der Waals surface area (Å²) in [4.78, 5) is 18.9. The molecule has 0 aliphatic rings. The number of rotatable bonds is 10. The molecule has 0 heterocycles. The Kier molecular flexibility index (Phi) is 20.3. The molecule has 0 aromatic carbocycles. The average molecular weight is 308 g/mol. The van der Waals surface area contributed by atoms with Crippen LogP contribution in [-0.4, -0.2) is 22.2 Å². The molecule has 5 heteroatoms. The van der Waals surface area contributed by atoms with E-state index in [1.165, 1.54) is 51.4 Å². The van der Waals surface area contributed by atoms with Gasteiger partial charge in [0, 0.05) is 0 Å². The third-order valence-electron chi connectivity index (χ3n) is 2.87. The van der Waals surface area contributed by atoms with E-state index in [-0.39, 0.29) is 18.9 Å². The van der Waals surface area contributed by atoms with Gasteiger partial charge < -0.3 is 16.6 Å². The first kappa shape index (κ1) is 26.4. The van der Waals surface area contributed by atoms with Gasteiger partial charge in [0.15, 0.2) is 0 Å². The van der Waals surface area contributed by atoms with Crippen molar-refractivity contribution in [2.75, 3.05) is 0 Å². The van der Waals surface area contributed by atoms with Crippen LogP contribution in [-0.2, 0) is 9.59 Å². The molecule has 0 rings (SSSR count). The van der Waals surface area contributed by atoms with Crippen LogP contribution >= 0.6 is 0 Å². The van der Waals surface area contributed by atoms with E-state index in [9.17, 15) is 9.59 Å². The van der Waals surface area contributed by atoms with E-state index in [0.29, 0.717) is 5.41 Å². The van der Waals surface area contributed by atoms with Crippen molar-refractivity contribution in [3.8, 4) is 0 Å². The molecule has 22 heavy (non-hydrogen) atoms. The maximum absolute atomic E-state index is 9.43. The molecule has 0 amide bonds. The van der Waals surface area contributed by atoms with Crippen LogP contribution in [0.15, 0.2) is 0 Å². The fourth-order valence-corrected chi connectivity index (χ4v) is 1.77. The second kappa shape index (κ2) is 16.9. The van der Waals surface area contributed by atoms with Gasteiger partial charge in [0.25, 0.3) is 0 Å². The zero-order valence-electron chi connectivity index (χ0n) is 15.2. The molecule has 0 aromatic heterocycles. The molecule has 0 unspecified atom stereocenters. The summed E-state index contributed by atoms with van der Waals surface area (Å²) in [5.41, 5.74) is 0.419. The Bertz CT molecular complexity index is 260. The SMILES string of the molecule is CCCCCCCCC[CH-]C(C)(C)C.O=C(O)CC(=O)O.[Li+].